The molecule has 0 spiro atoms. The molecular weight excluding hydrogens is 506 g/mol. The van der Waals surface area contributed by atoms with Crippen molar-refractivity contribution in [2.45, 2.75) is 19.3 Å². The summed E-state index contributed by atoms with van der Waals surface area (Å²) in [6.45, 7) is 0. The molecule has 4 atom stereocenters. The second-order valence-corrected chi connectivity index (χ2v) is 10.0. The molecule has 8 nitrogen and oxygen atoms in total. The Morgan fingerprint density at radius 1 is 1.09 bits per heavy atom. The van der Waals surface area contributed by atoms with E-state index in [9.17, 15) is 29.5 Å². The lowest BCUT2D eigenvalue weighted by molar-refractivity contribution is -0.173. The smallest absolute Gasteiger partial charge is 0.257 e. The number of rotatable bonds is 1. The number of ketones is 2. The van der Waals surface area contributed by atoms with Crippen LogP contribution < -0.4 is 4.74 Å². The van der Waals surface area contributed by atoms with E-state index in [1.165, 1.54) is 12.1 Å². The number of ether oxygens (including phenoxy) is 1. The highest BCUT2D eigenvalue weighted by molar-refractivity contribution is 9.12. The van der Waals surface area contributed by atoms with E-state index < -0.39 is 35.5 Å². The summed E-state index contributed by atoms with van der Waals surface area (Å²) in [4.78, 5) is 51.6. The molecule has 0 radical (unpaired) electrons. The molecule has 2 aliphatic heterocycles. The Hall–Kier alpha value is -3.30. The number of hydrogen-bond donors (Lipinski definition) is 2. The van der Waals surface area contributed by atoms with Crippen LogP contribution in [0.5, 0.6) is 11.5 Å². The highest BCUT2D eigenvalue weighted by Crippen LogP contribution is 2.54. The molecule has 172 valence electrons. The molecule has 3 aliphatic carbocycles. The Balaban J connectivity index is 1.50. The summed E-state index contributed by atoms with van der Waals surface area (Å²) in [5.41, 5.74) is 2.89. The maximum absolute atomic E-state index is 13.2. The number of allylic oxidation sites excluding steroid dienone is 7. The van der Waals surface area contributed by atoms with Crippen molar-refractivity contribution in [1.82, 2.24) is 5.06 Å². The van der Waals surface area contributed by atoms with Crippen LogP contribution in [0.15, 0.2) is 63.4 Å². The fourth-order valence-corrected chi connectivity index (χ4v) is 6.45. The van der Waals surface area contributed by atoms with Gasteiger partial charge in [0.25, 0.3) is 11.8 Å². The van der Waals surface area contributed by atoms with Gasteiger partial charge in [-0.1, -0.05) is 11.6 Å². The van der Waals surface area contributed by atoms with Gasteiger partial charge in [-0.25, -0.2) is 0 Å². The summed E-state index contributed by atoms with van der Waals surface area (Å²) in [6.07, 6.45) is 5.46. The van der Waals surface area contributed by atoms with E-state index >= 15 is 0 Å². The van der Waals surface area contributed by atoms with Crippen LogP contribution in [0.25, 0.3) is 0 Å². The Labute approximate surface area is 202 Å². The third kappa shape index (κ3) is 2.86. The molecular formula is C25H18BrNO7. The predicted octanol–water partition coefficient (Wildman–Crippen LogP) is 2.89. The summed E-state index contributed by atoms with van der Waals surface area (Å²) < 4.78 is 5.97. The van der Waals surface area contributed by atoms with Crippen LogP contribution in [0.2, 0.25) is 0 Å². The molecule has 0 bridgehead atoms. The molecule has 5 aliphatic rings. The zero-order valence-corrected chi connectivity index (χ0v) is 19.2. The van der Waals surface area contributed by atoms with Crippen LogP contribution in [-0.4, -0.2) is 38.8 Å². The number of aromatic hydroxyl groups is 1. The summed E-state index contributed by atoms with van der Waals surface area (Å²) in [7, 11) is 0. The number of carbonyl (C=O) groups excluding carboxylic acids is 4. The standard InChI is InChI=1S/C25H18BrNO7/c26-17-8-18(29)22-16(23(17)30)7-15-13(2-3-14-21(15)25(32)27(33)24(14)31)20(22)11-5-10-6-12(28)1-4-19(10)34-9-11/h1-2,4,6,8-9,14-15,20-21,28,33H,3,5,7H2. The highest BCUT2D eigenvalue weighted by atomic mass is 79.9. The van der Waals surface area contributed by atoms with Crippen LogP contribution in [0.1, 0.15) is 18.4 Å². The fraction of sp³-hybridized carbons (Fsp3) is 0.280. The first-order chi connectivity index (χ1) is 16.3. The van der Waals surface area contributed by atoms with E-state index in [1.54, 1.807) is 18.4 Å². The Morgan fingerprint density at radius 3 is 2.68 bits per heavy atom. The van der Waals surface area contributed by atoms with Gasteiger partial charge >= 0.3 is 0 Å². The zero-order valence-electron chi connectivity index (χ0n) is 17.7. The van der Waals surface area contributed by atoms with Crippen LogP contribution in [0, 0.1) is 23.7 Å². The lowest BCUT2D eigenvalue weighted by atomic mass is 9.59. The SMILES string of the molecule is O=C1C=C(Br)C(=O)C2=C1C(C1=COc3ccc(O)cc3C1)C1=CCC3C(=O)N(O)C(=O)C3C1C2. The molecule has 0 aromatic heterocycles. The molecule has 1 aromatic rings. The molecule has 34 heavy (non-hydrogen) atoms. The second-order valence-electron chi connectivity index (χ2n) is 9.16. The third-order valence-corrected chi connectivity index (χ3v) is 8.04. The average molecular weight is 524 g/mol. The van der Waals surface area contributed by atoms with Crippen molar-refractivity contribution in [1.29, 1.82) is 0 Å². The zero-order chi connectivity index (χ0) is 23.9. The lowest BCUT2D eigenvalue weighted by Gasteiger charge is -2.43. The van der Waals surface area contributed by atoms with Crippen molar-refractivity contribution < 1.29 is 34.2 Å². The topological polar surface area (TPSA) is 121 Å². The van der Waals surface area contributed by atoms with Crippen LogP contribution in [0.3, 0.4) is 0 Å². The van der Waals surface area contributed by atoms with Crippen LogP contribution in [-0.2, 0) is 25.6 Å². The minimum Gasteiger partial charge on any atom is -0.508 e. The number of benzene rings is 1. The maximum atomic E-state index is 13.2. The van der Waals surface area contributed by atoms with Gasteiger partial charge in [0.05, 0.1) is 22.6 Å². The molecule has 1 saturated heterocycles. The predicted molar refractivity (Wildman–Crippen MR) is 119 cm³/mol. The van der Waals surface area contributed by atoms with E-state index in [-0.39, 0.29) is 39.7 Å². The van der Waals surface area contributed by atoms with Crippen molar-refractivity contribution in [2.24, 2.45) is 23.7 Å². The van der Waals surface area contributed by atoms with Gasteiger partial charge in [-0.2, -0.15) is 5.06 Å². The van der Waals surface area contributed by atoms with Crippen molar-refractivity contribution in [3.63, 3.8) is 0 Å². The number of nitrogens with zero attached hydrogens (tertiary/aromatic N) is 1. The fourth-order valence-electron chi connectivity index (χ4n) is 6.00. The Kier molecular flexibility index (Phi) is 4.59. The number of imide groups is 1. The molecule has 9 heteroatoms. The number of hydrogen-bond acceptors (Lipinski definition) is 7. The lowest BCUT2D eigenvalue weighted by Crippen LogP contribution is -2.41. The molecule has 0 saturated carbocycles. The number of halogens is 1. The van der Waals surface area contributed by atoms with Crippen molar-refractivity contribution in [3.05, 3.63) is 69.0 Å². The Bertz CT molecular complexity index is 1350. The highest BCUT2D eigenvalue weighted by Gasteiger charge is 2.56. The first kappa shape index (κ1) is 21.2. The van der Waals surface area contributed by atoms with Crippen molar-refractivity contribution >= 4 is 39.3 Å². The minimum absolute atomic E-state index is 0.0821. The second kappa shape index (κ2) is 7.35. The van der Waals surface area contributed by atoms with Crippen molar-refractivity contribution in [3.8, 4) is 11.5 Å². The summed E-state index contributed by atoms with van der Waals surface area (Å²) in [6, 6.07) is 4.77. The summed E-state index contributed by atoms with van der Waals surface area (Å²) in [5, 5.41) is 20.1. The van der Waals surface area contributed by atoms with Gasteiger partial charge in [0.2, 0.25) is 0 Å². The van der Waals surface area contributed by atoms with Gasteiger partial charge in [-0.3, -0.25) is 24.4 Å². The first-order valence-corrected chi connectivity index (χ1v) is 11.7. The summed E-state index contributed by atoms with van der Waals surface area (Å²) in [5.74, 6) is -3.91. The van der Waals surface area contributed by atoms with Crippen LogP contribution >= 0.6 is 15.9 Å². The molecule has 4 unspecified atom stereocenters. The van der Waals surface area contributed by atoms with E-state index in [0.29, 0.717) is 28.9 Å². The molecule has 2 N–H and O–H groups in total. The minimum atomic E-state index is -0.803. The largest absolute Gasteiger partial charge is 0.508 e. The number of hydroxylamine groups is 2. The van der Waals surface area contributed by atoms with Gasteiger partial charge < -0.3 is 9.84 Å². The van der Waals surface area contributed by atoms with Gasteiger partial charge in [0.15, 0.2) is 11.6 Å². The van der Waals surface area contributed by atoms with Crippen LogP contribution in [0.4, 0.5) is 0 Å². The van der Waals surface area contributed by atoms with E-state index in [0.717, 1.165) is 11.1 Å². The Morgan fingerprint density at radius 2 is 1.88 bits per heavy atom. The summed E-state index contributed by atoms with van der Waals surface area (Å²) >= 11 is 3.18. The third-order valence-electron chi connectivity index (χ3n) is 7.45. The molecule has 1 aromatic carbocycles. The van der Waals surface area contributed by atoms with Gasteiger partial charge in [-0.15, -0.1) is 0 Å². The average Bonchev–Trinajstić information content (AvgIpc) is 3.04. The maximum Gasteiger partial charge on any atom is 0.257 e. The van der Waals surface area contributed by atoms with Crippen molar-refractivity contribution in [2.75, 3.05) is 0 Å². The first-order valence-electron chi connectivity index (χ1n) is 10.9. The van der Waals surface area contributed by atoms with Gasteiger partial charge in [-0.05, 0) is 58.5 Å². The molecule has 6 rings (SSSR count). The molecule has 2 amide bonds. The number of carbonyl (C=O) groups is 4. The number of Topliss-reactive ketones (excluding diaryl/α,β-unsaturated/α-hetero) is 1. The van der Waals surface area contributed by atoms with E-state index in [2.05, 4.69) is 15.9 Å². The number of fused-ring (bicyclic) bond motifs is 4. The van der Waals surface area contributed by atoms with Gasteiger partial charge in [0, 0.05) is 35.1 Å². The van der Waals surface area contributed by atoms with E-state index in [1.807, 2.05) is 6.08 Å². The van der Waals surface area contributed by atoms with E-state index in [4.69, 9.17) is 4.74 Å². The monoisotopic (exact) mass is 523 g/mol. The number of amides is 2. The normalized spacial score (nSPS) is 30.1. The quantitative estimate of drug-likeness (QED) is 0.251. The number of phenols is 1. The molecule has 2 heterocycles. The van der Waals surface area contributed by atoms with Gasteiger partial charge in [0.1, 0.15) is 11.5 Å². The molecule has 1 fully saturated rings. The number of phenolic OH excluding ortho intramolecular Hbond substituents is 1.